The lowest BCUT2D eigenvalue weighted by atomic mass is 10.1. The maximum atomic E-state index is 14.0. The molecule has 3 amide bonds. The van der Waals surface area contributed by atoms with Gasteiger partial charge < -0.3 is 25.8 Å². The van der Waals surface area contributed by atoms with E-state index in [4.69, 9.17) is 10.5 Å². The molecule has 1 aliphatic rings. The molecule has 5 N–H and O–H groups in total. The molecule has 1 aliphatic heterocycles. The van der Waals surface area contributed by atoms with Gasteiger partial charge in [0.2, 0.25) is 5.88 Å². The number of aromatic nitrogens is 1. The van der Waals surface area contributed by atoms with Crippen molar-refractivity contribution in [3.8, 4) is 5.88 Å². The fraction of sp³-hybridized carbons (Fsp3) is 0.500. The second kappa shape index (κ2) is 12.2. The lowest BCUT2D eigenvalue weighted by Crippen LogP contribution is -2.49. The zero-order valence-corrected chi connectivity index (χ0v) is 20.5. The van der Waals surface area contributed by atoms with Crippen molar-refractivity contribution in [2.24, 2.45) is 5.73 Å². The lowest BCUT2D eigenvalue weighted by molar-refractivity contribution is -0.0127. The average molecular weight is 513 g/mol. The molecule has 0 spiro atoms. The fourth-order valence-corrected chi connectivity index (χ4v) is 4.37. The van der Waals surface area contributed by atoms with Gasteiger partial charge in [0.25, 0.3) is 5.91 Å². The van der Waals surface area contributed by atoms with Crippen molar-refractivity contribution in [3.05, 3.63) is 40.5 Å². The number of hydrogen-bond acceptors (Lipinski definition) is 8. The summed E-state index contributed by atoms with van der Waals surface area (Å²) >= 11 is 0.793. The van der Waals surface area contributed by atoms with Crippen LogP contribution in [0.3, 0.4) is 0 Å². The predicted octanol–water partition coefficient (Wildman–Crippen LogP) is 1.88. The number of nitrogens with two attached hydrogens (primary N) is 1. The number of primary amides is 1. The van der Waals surface area contributed by atoms with Gasteiger partial charge in [-0.2, -0.15) is 4.37 Å². The summed E-state index contributed by atoms with van der Waals surface area (Å²) in [6.07, 6.45) is 0.276. The Bertz CT molecular complexity index is 1040. The van der Waals surface area contributed by atoms with Gasteiger partial charge in [0, 0.05) is 38.3 Å². The van der Waals surface area contributed by atoms with E-state index >= 15 is 0 Å². The monoisotopic (exact) mass is 512 g/mol. The molecule has 1 aromatic carbocycles. The van der Waals surface area contributed by atoms with Gasteiger partial charge in [-0.1, -0.05) is 0 Å². The van der Waals surface area contributed by atoms with Crippen LogP contribution >= 0.6 is 11.5 Å². The zero-order chi connectivity index (χ0) is 25.5. The van der Waals surface area contributed by atoms with Crippen LogP contribution in [0.2, 0.25) is 0 Å². The zero-order valence-electron chi connectivity index (χ0n) is 19.6. The minimum Gasteiger partial charge on any atom is -0.471 e. The minimum atomic E-state index is -0.879. The number of carbonyl (C=O) groups is 2. The number of rotatable bonds is 10. The lowest BCUT2D eigenvalue weighted by Gasteiger charge is -2.36. The highest BCUT2D eigenvalue weighted by Crippen LogP contribution is 2.31. The van der Waals surface area contributed by atoms with Crippen LogP contribution in [0.25, 0.3) is 0 Å². The Morgan fingerprint density at radius 3 is 2.63 bits per heavy atom. The van der Waals surface area contributed by atoms with Crippen molar-refractivity contribution in [2.75, 3.05) is 44.6 Å². The molecule has 1 atom stereocenters. The minimum absolute atomic E-state index is 0.0453. The number of carbonyl (C=O) groups excluding carboxylic acids is 2. The largest absolute Gasteiger partial charge is 0.471 e. The Morgan fingerprint density at radius 1 is 1.26 bits per heavy atom. The van der Waals surface area contributed by atoms with E-state index in [2.05, 4.69) is 19.9 Å². The smallest absolute Gasteiger partial charge is 0.319 e. The third-order valence-electron chi connectivity index (χ3n) is 5.70. The molecule has 1 fully saturated rings. The third-order valence-corrected chi connectivity index (χ3v) is 6.44. The maximum Gasteiger partial charge on any atom is 0.319 e. The second-order valence-electron chi connectivity index (χ2n) is 8.28. The van der Waals surface area contributed by atoms with Gasteiger partial charge in [0.1, 0.15) is 35.0 Å². The average Bonchev–Trinajstić information content (AvgIpc) is 3.21. The van der Waals surface area contributed by atoms with E-state index in [-0.39, 0.29) is 34.2 Å². The first-order valence-corrected chi connectivity index (χ1v) is 12.0. The normalized spacial score (nSPS) is 15.6. The number of hydrogen-bond donors (Lipinski definition) is 4. The Hall–Kier alpha value is -2.87. The Labute approximate surface area is 206 Å². The summed E-state index contributed by atoms with van der Waals surface area (Å²) in [7, 11) is 0. The van der Waals surface area contributed by atoms with Crippen LogP contribution in [0.1, 0.15) is 34.8 Å². The van der Waals surface area contributed by atoms with E-state index in [0.29, 0.717) is 6.54 Å². The van der Waals surface area contributed by atoms with Crippen LogP contribution in [0, 0.1) is 18.6 Å². The highest BCUT2D eigenvalue weighted by atomic mass is 32.1. The quantitative estimate of drug-likeness (QED) is 0.357. The van der Waals surface area contributed by atoms with Gasteiger partial charge in [0.05, 0.1) is 0 Å². The summed E-state index contributed by atoms with van der Waals surface area (Å²) in [5.74, 6) is -2.28. The summed E-state index contributed by atoms with van der Waals surface area (Å²) in [5, 5.41) is 15.0. The molecule has 0 aliphatic carbocycles. The van der Waals surface area contributed by atoms with Crippen LogP contribution in [-0.4, -0.2) is 76.7 Å². The number of aliphatic hydroxyl groups is 1. The van der Waals surface area contributed by atoms with Crippen molar-refractivity contribution in [1.29, 1.82) is 0 Å². The number of piperazine rings is 1. The molecular formula is C22H30F2N6O4S. The summed E-state index contributed by atoms with van der Waals surface area (Å²) in [6.45, 7) is 7.32. The van der Waals surface area contributed by atoms with Crippen molar-refractivity contribution in [3.63, 3.8) is 0 Å². The van der Waals surface area contributed by atoms with Crippen molar-refractivity contribution in [2.45, 2.75) is 33.1 Å². The molecule has 2 aromatic rings. The molecule has 13 heteroatoms. The number of nitrogens with one attached hydrogen (secondary N) is 2. The first kappa shape index (κ1) is 26.7. The van der Waals surface area contributed by atoms with Crippen molar-refractivity contribution in [1.82, 2.24) is 19.5 Å². The van der Waals surface area contributed by atoms with E-state index in [0.717, 1.165) is 62.8 Å². The number of benzene rings is 1. The molecule has 1 saturated heterocycles. The Kier molecular flexibility index (Phi) is 9.32. The van der Waals surface area contributed by atoms with Gasteiger partial charge >= 0.3 is 6.03 Å². The highest BCUT2D eigenvalue weighted by Gasteiger charge is 2.23. The molecule has 1 aromatic heterocycles. The van der Waals surface area contributed by atoms with Crippen LogP contribution in [-0.2, 0) is 6.61 Å². The number of nitrogens with zero attached hydrogens (tertiary/aromatic N) is 3. The summed E-state index contributed by atoms with van der Waals surface area (Å²) in [5.41, 5.74) is 5.40. The van der Waals surface area contributed by atoms with E-state index < -0.39 is 29.8 Å². The predicted molar refractivity (Wildman–Crippen MR) is 127 cm³/mol. The Morgan fingerprint density at radius 2 is 1.97 bits per heavy atom. The van der Waals surface area contributed by atoms with E-state index in [1.807, 2.05) is 4.90 Å². The molecule has 2 heterocycles. The molecule has 0 saturated carbocycles. The van der Waals surface area contributed by atoms with Gasteiger partial charge in [-0.25, -0.2) is 13.6 Å². The van der Waals surface area contributed by atoms with Gasteiger partial charge in [0.15, 0.2) is 0 Å². The highest BCUT2D eigenvalue weighted by molar-refractivity contribution is 7.11. The first-order valence-electron chi connectivity index (χ1n) is 11.2. The van der Waals surface area contributed by atoms with Crippen LogP contribution in [0.15, 0.2) is 12.1 Å². The van der Waals surface area contributed by atoms with Crippen LogP contribution in [0.5, 0.6) is 5.88 Å². The molecule has 0 bridgehead atoms. The molecule has 0 radical (unpaired) electrons. The fourth-order valence-electron chi connectivity index (χ4n) is 3.63. The van der Waals surface area contributed by atoms with Crippen LogP contribution < -0.4 is 21.1 Å². The number of ether oxygens (including phenoxy) is 1. The molecule has 1 unspecified atom stereocenters. The molecule has 3 rings (SSSR count). The number of anilines is 1. The maximum absolute atomic E-state index is 14.0. The van der Waals surface area contributed by atoms with E-state index in [1.54, 1.807) is 6.92 Å². The number of urea groups is 1. The Balaban J connectivity index is 1.48. The van der Waals surface area contributed by atoms with E-state index in [1.165, 1.54) is 6.92 Å². The topological polar surface area (TPSA) is 133 Å². The summed E-state index contributed by atoms with van der Waals surface area (Å²) in [6, 6.07) is 1.53. The van der Waals surface area contributed by atoms with E-state index in [9.17, 15) is 23.5 Å². The van der Waals surface area contributed by atoms with Gasteiger partial charge in [-0.3, -0.25) is 15.0 Å². The molecule has 192 valence electrons. The second-order valence-corrected chi connectivity index (χ2v) is 9.05. The summed E-state index contributed by atoms with van der Waals surface area (Å²) < 4.78 is 37.2. The number of aliphatic hydroxyl groups excluding tert-OH is 1. The van der Waals surface area contributed by atoms with Gasteiger partial charge in [-0.15, -0.1) is 0 Å². The number of halogens is 2. The first-order chi connectivity index (χ1) is 16.7. The third kappa shape index (κ3) is 7.31. The van der Waals surface area contributed by atoms with Crippen LogP contribution in [0.4, 0.5) is 18.6 Å². The molecule has 35 heavy (non-hydrogen) atoms. The molecule has 10 nitrogen and oxygen atoms in total. The summed E-state index contributed by atoms with van der Waals surface area (Å²) in [4.78, 5) is 28.5. The van der Waals surface area contributed by atoms with Crippen molar-refractivity contribution < 1.29 is 28.2 Å². The van der Waals surface area contributed by atoms with Crippen molar-refractivity contribution >= 4 is 28.5 Å². The van der Waals surface area contributed by atoms with Gasteiger partial charge in [-0.05, 0) is 56.0 Å². The number of aryl methyl sites for hydroxylation is 1. The standard InChI is InChI=1S/C22H30F2N6O4S/c1-13-10-17(24)15(11-16(13)23)12-34-20-18(19(25)32)21(35-28-20)27-22(33)26-4-3-5-29-6-8-30(9-7-29)14(2)31/h10-11,14,31H,3-9,12H2,1-2H3,(H2,25,32)(H2,26,27,33). The molecular weight excluding hydrogens is 482 g/mol. The number of amides is 3. The SMILES string of the molecule is Cc1cc(F)c(COc2nsc(NC(=O)NCCCN3CCN(C(C)O)CC3)c2C(N)=O)cc1F.